The SMILES string of the molecule is CCCN(CCC)c1ncc(-c2ccc(Oc3ncc(NC(=O)Nc4cccc(C(F)(F)F)c4)cn3)cc2)s1. The highest BCUT2D eigenvalue weighted by Gasteiger charge is 2.30. The predicted molar refractivity (Wildman–Crippen MR) is 147 cm³/mol. The minimum Gasteiger partial charge on any atom is -0.424 e. The molecule has 0 aliphatic rings. The Balaban J connectivity index is 1.33. The highest BCUT2D eigenvalue weighted by Crippen LogP contribution is 2.33. The quantitative estimate of drug-likeness (QED) is 0.208. The summed E-state index contributed by atoms with van der Waals surface area (Å²) in [5, 5.41) is 5.84. The molecule has 0 unspecified atom stereocenters. The van der Waals surface area contributed by atoms with Gasteiger partial charge in [-0.2, -0.15) is 13.2 Å². The van der Waals surface area contributed by atoms with Crippen molar-refractivity contribution < 1.29 is 22.7 Å². The van der Waals surface area contributed by atoms with Crippen molar-refractivity contribution in [1.82, 2.24) is 15.0 Å². The average molecular weight is 557 g/mol. The fourth-order valence-corrected chi connectivity index (χ4v) is 4.65. The maximum atomic E-state index is 12.9. The third kappa shape index (κ3) is 7.66. The number of hydrogen-bond acceptors (Lipinski definition) is 7. The molecule has 0 aliphatic carbocycles. The number of urea groups is 1. The van der Waals surface area contributed by atoms with Gasteiger partial charge in [-0.05, 0) is 60.9 Å². The van der Waals surface area contributed by atoms with Gasteiger partial charge >= 0.3 is 18.2 Å². The van der Waals surface area contributed by atoms with Gasteiger partial charge in [0, 0.05) is 25.0 Å². The molecule has 0 atom stereocenters. The number of rotatable bonds is 10. The van der Waals surface area contributed by atoms with Gasteiger partial charge in [-0.15, -0.1) is 0 Å². The minimum atomic E-state index is -4.51. The number of carbonyl (C=O) groups excluding carboxylic acids is 1. The first-order valence-corrected chi connectivity index (χ1v) is 13.1. The molecule has 2 aromatic carbocycles. The summed E-state index contributed by atoms with van der Waals surface area (Å²) in [6.07, 6.45) is 2.17. The third-order valence-electron chi connectivity index (χ3n) is 5.43. The van der Waals surface area contributed by atoms with Crippen LogP contribution in [0.5, 0.6) is 11.8 Å². The van der Waals surface area contributed by atoms with Crippen molar-refractivity contribution in [2.45, 2.75) is 32.9 Å². The molecule has 2 N–H and O–H groups in total. The lowest BCUT2D eigenvalue weighted by atomic mass is 10.2. The zero-order chi connectivity index (χ0) is 27.8. The zero-order valence-electron chi connectivity index (χ0n) is 21.3. The molecule has 0 saturated carbocycles. The largest absolute Gasteiger partial charge is 0.424 e. The van der Waals surface area contributed by atoms with Gasteiger partial charge in [0.15, 0.2) is 5.13 Å². The van der Waals surface area contributed by atoms with Gasteiger partial charge in [-0.3, -0.25) is 0 Å². The van der Waals surface area contributed by atoms with Crippen LogP contribution in [0.3, 0.4) is 0 Å². The number of hydrogen-bond donors (Lipinski definition) is 2. The third-order valence-corrected chi connectivity index (χ3v) is 6.54. The normalized spacial score (nSPS) is 11.2. The minimum absolute atomic E-state index is 0.000410. The fraction of sp³-hybridized carbons (Fsp3) is 0.259. The Labute approximate surface area is 227 Å². The molecule has 0 spiro atoms. The summed E-state index contributed by atoms with van der Waals surface area (Å²) in [4.78, 5) is 28.3. The zero-order valence-corrected chi connectivity index (χ0v) is 22.1. The summed E-state index contributed by atoms with van der Waals surface area (Å²) < 4.78 is 44.3. The van der Waals surface area contributed by atoms with Crippen molar-refractivity contribution >= 4 is 33.9 Å². The molecule has 12 heteroatoms. The van der Waals surface area contributed by atoms with Crippen LogP contribution < -0.4 is 20.3 Å². The molecule has 0 radical (unpaired) electrons. The first-order chi connectivity index (χ1) is 18.7. The second kappa shape index (κ2) is 12.6. The van der Waals surface area contributed by atoms with E-state index in [4.69, 9.17) is 4.74 Å². The van der Waals surface area contributed by atoms with Crippen LogP contribution in [-0.4, -0.2) is 34.1 Å². The number of carbonyl (C=O) groups is 1. The van der Waals surface area contributed by atoms with E-state index < -0.39 is 17.8 Å². The van der Waals surface area contributed by atoms with E-state index in [9.17, 15) is 18.0 Å². The van der Waals surface area contributed by atoms with Crippen LogP contribution in [-0.2, 0) is 6.18 Å². The molecule has 0 fully saturated rings. The van der Waals surface area contributed by atoms with Crippen molar-refractivity contribution in [3.63, 3.8) is 0 Å². The molecule has 8 nitrogen and oxygen atoms in total. The Hall–Kier alpha value is -4.19. The van der Waals surface area contributed by atoms with Crippen LogP contribution in [0.2, 0.25) is 0 Å². The average Bonchev–Trinajstić information content (AvgIpc) is 3.40. The number of ether oxygens (including phenoxy) is 1. The van der Waals surface area contributed by atoms with Gasteiger partial charge in [0.2, 0.25) is 0 Å². The molecular weight excluding hydrogens is 529 g/mol. The molecule has 2 heterocycles. The van der Waals surface area contributed by atoms with E-state index in [1.165, 1.54) is 24.5 Å². The number of amides is 2. The summed E-state index contributed by atoms with van der Waals surface area (Å²) >= 11 is 1.65. The molecule has 4 rings (SSSR count). The number of nitrogens with zero attached hydrogens (tertiary/aromatic N) is 4. The van der Waals surface area contributed by atoms with Gasteiger partial charge < -0.3 is 20.3 Å². The number of halogens is 3. The summed E-state index contributed by atoms with van der Waals surface area (Å²) in [5.41, 5.74) is 0.399. The van der Waals surface area contributed by atoms with E-state index in [0.717, 1.165) is 53.6 Å². The Morgan fingerprint density at radius 3 is 2.23 bits per heavy atom. The standard InChI is InChI=1S/C27H27F3N6O2S/c1-3-12-36(13-4-2)26-33-17-23(39-26)18-8-10-22(11-9-18)38-25-31-15-21(16-32-25)35-24(37)34-20-7-5-6-19(14-20)27(28,29)30/h5-11,14-17H,3-4,12-13H2,1-2H3,(H2,34,35,37). The lowest BCUT2D eigenvalue weighted by Gasteiger charge is -2.19. The summed E-state index contributed by atoms with van der Waals surface area (Å²) in [5.74, 6) is 0.532. The molecule has 2 aromatic heterocycles. The monoisotopic (exact) mass is 556 g/mol. The number of anilines is 3. The van der Waals surface area contributed by atoms with Gasteiger partial charge in [-0.1, -0.05) is 31.3 Å². The van der Waals surface area contributed by atoms with Crippen LogP contribution >= 0.6 is 11.3 Å². The van der Waals surface area contributed by atoms with E-state index >= 15 is 0 Å². The second-order valence-corrected chi connectivity index (χ2v) is 9.54. The Morgan fingerprint density at radius 2 is 1.59 bits per heavy atom. The Morgan fingerprint density at radius 1 is 0.923 bits per heavy atom. The molecule has 4 aromatic rings. The maximum Gasteiger partial charge on any atom is 0.416 e. The Kier molecular flexibility index (Phi) is 8.97. The predicted octanol–water partition coefficient (Wildman–Crippen LogP) is 7.68. The number of benzene rings is 2. The summed E-state index contributed by atoms with van der Waals surface area (Å²) in [7, 11) is 0. The van der Waals surface area contributed by atoms with Crippen LogP contribution in [0.25, 0.3) is 10.4 Å². The highest BCUT2D eigenvalue weighted by molar-refractivity contribution is 7.18. The molecular formula is C27H27F3N6O2S. The van der Waals surface area contributed by atoms with E-state index in [1.807, 2.05) is 30.5 Å². The summed E-state index contributed by atoms with van der Waals surface area (Å²) in [6.45, 7) is 6.26. The van der Waals surface area contributed by atoms with E-state index in [2.05, 4.69) is 44.3 Å². The number of aromatic nitrogens is 3. The van der Waals surface area contributed by atoms with Crippen LogP contribution in [0.15, 0.2) is 67.1 Å². The molecule has 39 heavy (non-hydrogen) atoms. The Bertz CT molecular complexity index is 1370. The van der Waals surface area contributed by atoms with Crippen molar-refractivity contribution in [2.75, 3.05) is 28.6 Å². The molecule has 204 valence electrons. The molecule has 0 bridgehead atoms. The number of thiazole rings is 1. The van der Waals surface area contributed by atoms with Crippen LogP contribution in [0.1, 0.15) is 32.3 Å². The van der Waals surface area contributed by atoms with Gasteiger partial charge in [0.1, 0.15) is 5.75 Å². The fourth-order valence-electron chi connectivity index (χ4n) is 3.68. The van der Waals surface area contributed by atoms with E-state index in [1.54, 1.807) is 11.3 Å². The molecule has 0 aliphatic heterocycles. The van der Waals surface area contributed by atoms with Gasteiger partial charge in [-0.25, -0.2) is 19.7 Å². The van der Waals surface area contributed by atoms with Crippen molar-refractivity contribution in [3.05, 3.63) is 72.7 Å². The molecule has 2 amide bonds. The number of alkyl halides is 3. The first kappa shape index (κ1) is 27.8. The smallest absolute Gasteiger partial charge is 0.416 e. The van der Waals surface area contributed by atoms with Gasteiger partial charge in [0.05, 0.1) is 28.5 Å². The van der Waals surface area contributed by atoms with Crippen molar-refractivity contribution in [3.8, 4) is 22.2 Å². The van der Waals surface area contributed by atoms with Crippen molar-refractivity contribution in [2.24, 2.45) is 0 Å². The van der Waals surface area contributed by atoms with Crippen LogP contribution in [0.4, 0.5) is 34.5 Å². The van der Waals surface area contributed by atoms with Crippen molar-refractivity contribution in [1.29, 1.82) is 0 Å². The van der Waals surface area contributed by atoms with E-state index in [-0.39, 0.29) is 17.4 Å². The lowest BCUT2D eigenvalue weighted by molar-refractivity contribution is -0.137. The van der Waals surface area contributed by atoms with E-state index in [0.29, 0.717) is 5.75 Å². The topological polar surface area (TPSA) is 92.3 Å². The lowest BCUT2D eigenvalue weighted by Crippen LogP contribution is -2.24. The van der Waals surface area contributed by atoms with Crippen LogP contribution in [0, 0.1) is 0 Å². The second-order valence-electron chi connectivity index (χ2n) is 8.53. The highest BCUT2D eigenvalue weighted by atomic mass is 32.1. The molecule has 0 saturated heterocycles. The maximum absolute atomic E-state index is 12.9. The number of nitrogens with one attached hydrogen (secondary N) is 2. The first-order valence-electron chi connectivity index (χ1n) is 12.3. The van der Waals surface area contributed by atoms with Gasteiger partial charge in [0.25, 0.3) is 0 Å². The summed E-state index contributed by atoms with van der Waals surface area (Å²) in [6, 6.07) is 11.2.